The average molecular weight is 337 g/mol. The number of nitrogens with one attached hydrogen (secondary N) is 1. The highest BCUT2D eigenvalue weighted by molar-refractivity contribution is 7.18. The monoisotopic (exact) mass is 336 g/mol. The molecule has 0 aliphatic carbocycles. The van der Waals surface area contributed by atoms with Crippen molar-refractivity contribution in [2.45, 2.75) is 20.8 Å². The zero-order chi connectivity index (χ0) is 16.1. The normalized spacial score (nSPS) is 11.4. The summed E-state index contributed by atoms with van der Waals surface area (Å²) in [6.45, 7) is 5.71. The number of hydrogen-bond donors (Lipinski definition) is 1. The molecular weight excluding hydrogens is 320 g/mol. The number of rotatable bonds is 5. The van der Waals surface area contributed by atoms with E-state index in [1.165, 1.54) is 11.3 Å². The molecule has 1 N–H and O–H groups in total. The van der Waals surface area contributed by atoms with Gasteiger partial charge in [0.25, 0.3) is 5.91 Å². The average Bonchev–Trinajstić information content (AvgIpc) is 2.88. The number of hydrazone groups is 1. The third kappa shape index (κ3) is 4.86. The second kappa shape index (κ2) is 7.42. The Bertz CT molecular complexity index is 690. The SMILES string of the molecule is C/C(=N/NC(=O)COc1cc(C)cc(C)c1)c1ccc(Cl)s1. The molecule has 0 bridgehead atoms. The Morgan fingerprint density at radius 2 is 1.95 bits per heavy atom. The number of nitrogens with zero attached hydrogens (tertiary/aromatic N) is 1. The number of thiophene rings is 1. The number of carbonyl (C=O) groups excluding carboxylic acids is 1. The van der Waals surface area contributed by atoms with E-state index in [0.717, 1.165) is 16.0 Å². The first-order chi connectivity index (χ1) is 10.4. The van der Waals surface area contributed by atoms with Crippen molar-refractivity contribution in [1.82, 2.24) is 5.43 Å². The Balaban J connectivity index is 1.87. The second-order valence-electron chi connectivity index (χ2n) is 4.95. The third-order valence-electron chi connectivity index (χ3n) is 2.84. The van der Waals surface area contributed by atoms with Crippen LogP contribution in [0.25, 0.3) is 0 Å². The van der Waals surface area contributed by atoms with Crippen LogP contribution in [0.2, 0.25) is 4.34 Å². The van der Waals surface area contributed by atoms with Crippen molar-refractivity contribution in [3.05, 3.63) is 50.7 Å². The second-order valence-corrected chi connectivity index (χ2v) is 6.66. The maximum Gasteiger partial charge on any atom is 0.277 e. The predicted molar refractivity (Wildman–Crippen MR) is 91.1 cm³/mol. The molecule has 116 valence electrons. The Morgan fingerprint density at radius 1 is 1.27 bits per heavy atom. The quantitative estimate of drug-likeness (QED) is 0.664. The van der Waals surface area contributed by atoms with Crippen LogP contribution in [0.15, 0.2) is 35.4 Å². The Hall–Kier alpha value is -1.85. The van der Waals surface area contributed by atoms with E-state index >= 15 is 0 Å². The summed E-state index contributed by atoms with van der Waals surface area (Å²) < 4.78 is 6.16. The van der Waals surface area contributed by atoms with Crippen LogP contribution >= 0.6 is 22.9 Å². The number of halogens is 1. The minimum Gasteiger partial charge on any atom is -0.484 e. The highest BCUT2D eigenvalue weighted by Crippen LogP contribution is 2.21. The summed E-state index contributed by atoms with van der Waals surface area (Å²) in [7, 11) is 0. The maximum atomic E-state index is 11.8. The Labute approximate surface area is 138 Å². The van der Waals surface area contributed by atoms with E-state index in [9.17, 15) is 4.79 Å². The third-order valence-corrected chi connectivity index (χ3v) is 4.18. The van der Waals surface area contributed by atoms with Gasteiger partial charge in [0, 0.05) is 0 Å². The van der Waals surface area contributed by atoms with Gasteiger partial charge in [0.2, 0.25) is 0 Å². The Kier molecular flexibility index (Phi) is 5.57. The van der Waals surface area contributed by atoms with E-state index in [1.54, 1.807) is 6.07 Å². The van der Waals surface area contributed by atoms with Crippen molar-refractivity contribution < 1.29 is 9.53 Å². The van der Waals surface area contributed by atoms with Gasteiger partial charge in [-0.25, -0.2) is 5.43 Å². The van der Waals surface area contributed by atoms with Gasteiger partial charge in [0.1, 0.15) is 5.75 Å². The largest absolute Gasteiger partial charge is 0.484 e. The molecule has 1 heterocycles. The highest BCUT2D eigenvalue weighted by atomic mass is 35.5. The van der Waals surface area contributed by atoms with Crippen molar-refractivity contribution in [1.29, 1.82) is 0 Å². The van der Waals surface area contributed by atoms with Gasteiger partial charge >= 0.3 is 0 Å². The summed E-state index contributed by atoms with van der Waals surface area (Å²) in [5.41, 5.74) is 5.37. The van der Waals surface area contributed by atoms with Gasteiger partial charge in [-0.2, -0.15) is 5.10 Å². The van der Waals surface area contributed by atoms with Gasteiger partial charge in [0.15, 0.2) is 6.61 Å². The number of benzene rings is 1. The molecule has 0 aliphatic rings. The topological polar surface area (TPSA) is 50.7 Å². The van der Waals surface area contributed by atoms with E-state index in [0.29, 0.717) is 15.8 Å². The first-order valence-electron chi connectivity index (χ1n) is 6.74. The molecule has 0 aliphatic heterocycles. The van der Waals surface area contributed by atoms with Crippen molar-refractivity contribution in [2.24, 2.45) is 5.10 Å². The molecule has 2 aromatic rings. The molecule has 0 saturated carbocycles. The molecule has 4 nitrogen and oxygen atoms in total. The maximum absolute atomic E-state index is 11.8. The zero-order valence-corrected chi connectivity index (χ0v) is 14.2. The zero-order valence-electron chi connectivity index (χ0n) is 12.6. The van der Waals surface area contributed by atoms with Crippen LogP contribution in [0.1, 0.15) is 22.9 Å². The number of carbonyl (C=O) groups is 1. The van der Waals surface area contributed by atoms with E-state index in [-0.39, 0.29) is 12.5 Å². The molecule has 0 fully saturated rings. The fourth-order valence-corrected chi connectivity index (χ4v) is 2.90. The molecular formula is C16H17ClN2O2S. The van der Waals surface area contributed by atoms with Gasteiger partial charge in [-0.05, 0) is 56.2 Å². The van der Waals surface area contributed by atoms with Crippen molar-refractivity contribution in [3.8, 4) is 5.75 Å². The summed E-state index contributed by atoms with van der Waals surface area (Å²) in [4.78, 5) is 12.7. The van der Waals surface area contributed by atoms with Gasteiger partial charge < -0.3 is 4.74 Å². The van der Waals surface area contributed by atoms with E-state index < -0.39 is 0 Å². The van der Waals surface area contributed by atoms with Crippen LogP contribution in [0.4, 0.5) is 0 Å². The van der Waals surface area contributed by atoms with Crippen molar-refractivity contribution in [3.63, 3.8) is 0 Å². The molecule has 2 rings (SSSR count). The molecule has 0 spiro atoms. The highest BCUT2D eigenvalue weighted by Gasteiger charge is 2.05. The summed E-state index contributed by atoms with van der Waals surface area (Å²) in [6, 6.07) is 9.49. The van der Waals surface area contributed by atoms with Crippen LogP contribution in [-0.2, 0) is 4.79 Å². The number of amides is 1. The minimum atomic E-state index is -0.304. The number of aryl methyl sites for hydroxylation is 2. The minimum absolute atomic E-state index is 0.0785. The molecule has 1 amide bonds. The van der Waals surface area contributed by atoms with E-state index in [1.807, 2.05) is 45.0 Å². The Morgan fingerprint density at radius 3 is 2.55 bits per heavy atom. The smallest absolute Gasteiger partial charge is 0.277 e. The number of ether oxygens (including phenoxy) is 1. The van der Waals surface area contributed by atoms with Crippen LogP contribution in [0.5, 0.6) is 5.75 Å². The van der Waals surface area contributed by atoms with Gasteiger partial charge in [-0.1, -0.05) is 17.7 Å². The van der Waals surface area contributed by atoms with Crippen LogP contribution in [0.3, 0.4) is 0 Å². The fraction of sp³-hybridized carbons (Fsp3) is 0.250. The molecule has 0 radical (unpaired) electrons. The lowest BCUT2D eigenvalue weighted by molar-refractivity contribution is -0.123. The lowest BCUT2D eigenvalue weighted by atomic mass is 10.1. The van der Waals surface area contributed by atoms with Crippen LogP contribution < -0.4 is 10.2 Å². The molecule has 1 aromatic heterocycles. The van der Waals surface area contributed by atoms with Gasteiger partial charge in [-0.15, -0.1) is 11.3 Å². The first-order valence-corrected chi connectivity index (χ1v) is 7.93. The summed E-state index contributed by atoms with van der Waals surface area (Å²) in [6.07, 6.45) is 0. The summed E-state index contributed by atoms with van der Waals surface area (Å²) in [5, 5.41) is 4.04. The van der Waals surface area contributed by atoms with E-state index in [2.05, 4.69) is 10.5 Å². The molecule has 1 aromatic carbocycles. The molecule has 6 heteroatoms. The lowest BCUT2D eigenvalue weighted by Crippen LogP contribution is -2.25. The molecule has 22 heavy (non-hydrogen) atoms. The van der Waals surface area contributed by atoms with E-state index in [4.69, 9.17) is 16.3 Å². The number of hydrogen-bond acceptors (Lipinski definition) is 4. The first kappa shape index (κ1) is 16.5. The molecule has 0 unspecified atom stereocenters. The lowest BCUT2D eigenvalue weighted by Gasteiger charge is -2.07. The molecule has 0 atom stereocenters. The predicted octanol–water partition coefficient (Wildman–Crippen LogP) is 3.94. The van der Waals surface area contributed by atoms with Crippen molar-refractivity contribution >= 4 is 34.6 Å². The van der Waals surface area contributed by atoms with Gasteiger partial charge in [-0.3, -0.25) is 4.79 Å². The van der Waals surface area contributed by atoms with Crippen molar-refractivity contribution in [2.75, 3.05) is 6.61 Å². The fourth-order valence-electron chi connectivity index (χ4n) is 1.91. The van der Waals surface area contributed by atoms with Gasteiger partial charge in [0.05, 0.1) is 14.9 Å². The van der Waals surface area contributed by atoms with Crippen LogP contribution in [-0.4, -0.2) is 18.2 Å². The standard InChI is InChI=1S/C16H17ClN2O2S/c1-10-6-11(2)8-13(7-10)21-9-16(20)19-18-12(3)14-4-5-15(17)22-14/h4-8H,9H2,1-3H3,(H,19,20)/b18-12-. The summed E-state index contributed by atoms with van der Waals surface area (Å²) >= 11 is 7.28. The van der Waals surface area contributed by atoms with Crippen LogP contribution in [0, 0.1) is 13.8 Å². The molecule has 0 saturated heterocycles. The summed E-state index contributed by atoms with van der Waals surface area (Å²) in [5.74, 6) is 0.375.